The zero-order chi connectivity index (χ0) is 100. The minimum Gasteiger partial charge on any atom is -0.444 e. The van der Waals surface area contributed by atoms with Gasteiger partial charge in [-0.3, -0.25) is 33.8 Å². The van der Waals surface area contributed by atoms with Crippen molar-refractivity contribution in [3.05, 3.63) is 0 Å². The topological polar surface area (TPSA) is 199 Å². The Balaban J connectivity index is 0.000000735. The van der Waals surface area contributed by atoms with E-state index in [0.717, 1.165) is 249 Å². The summed E-state index contributed by atoms with van der Waals surface area (Å²) in [5.74, 6) is 12.8. The lowest BCUT2D eigenvalue weighted by Crippen LogP contribution is -2.47. The summed E-state index contributed by atoms with van der Waals surface area (Å²) in [4.78, 5) is 93.3. The molecule has 11 fully saturated rings. The highest BCUT2D eigenvalue weighted by Crippen LogP contribution is 2.34. The maximum Gasteiger partial charge on any atom is 0.410 e. The molecule has 0 spiro atoms. The monoisotopic (exact) mass is 1880 g/mol. The van der Waals surface area contributed by atoms with Gasteiger partial charge in [0.15, 0.2) is 0 Å². The van der Waals surface area contributed by atoms with Crippen LogP contribution in [0, 0.1) is 94.2 Å². The Hall–Kier alpha value is -3.78. The number of amides is 6. The third-order valence-electron chi connectivity index (χ3n) is 27.3. The highest BCUT2D eigenvalue weighted by atomic mass is 16.6. The average Bonchev–Trinajstić information content (AvgIpc) is 1.08. The molecule has 10 aliphatic heterocycles. The number of likely N-dealkylation sites (N-methyl/N-ethyl adjacent to an activating group) is 2. The van der Waals surface area contributed by atoms with E-state index in [2.05, 4.69) is 232 Å². The van der Waals surface area contributed by atoms with Crippen LogP contribution in [0.4, 0.5) is 4.79 Å². The van der Waals surface area contributed by atoms with Crippen LogP contribution in [0.25, 0.3) is 0 Å². The summed E-state index contributed by atoms with van der Waals surface area (Å²) in [6, 6.07) is 0. The van der Waals surface area contributed by atoms with Crippen molar-refractivity contribution in [3.63, 3.8) is 0 Å². The Labute approximate surface area is 821 Å². The molecule has 11 aliphatic rings. The van der Waals surface area contributed by atoms with Gasteiger partial charge >= 0.3 is 6.09 Å². The fourth-order valence-corrected chi connectivity index (χ4v) is 18.4. The van der Waals surface area contributed by atoms with Gasteiger partial charge in [0.25, 0.3) is 0 Å². The van der Waals surface area contributed by atoms with Crippen molar-refractivity contribution in [2.45, 2.75) is 340 Å². The number of carbonyl (C=O) groups is 6. The van der Waals surface area contributed by atoms with Crippen LogP contribution in [0.3, 0.4) is 0 Å². The molecular weight excluding hydrogens is 1660 g/mol. The van der Waals surface area contributed by atoms with Crippen LogP contribution in [0.1, 0.15) is 334 Å². The van der Waals surface area contributed by atoms with Crippen LogP contribution in [0.5, 0.6) is 0 Å². The number of carbonyl (C=O) groups excluding carboxylic acids is 6. The average molecular weight is 1890 g/mol. The van der Waals surface area contributed by atoms with Gasteiger partial charge in [0.05, 0.1) is 39.6 Å². The molecule has 0 unspecified atom stereocenters. The number of nitrogens with zero attached hydrogens (tertiary/aromatic N) is 11. The maximum absolute atomic E-state index is 11.8. The van der Waals surface area contributed by atoms with Gasteiger partial charge in [-0.15, -0.1) is 0 Å². The van der Waals surface area contributed by atoms with Crippen molar-refractivity contribution in [2.75, 3.05) is 245 Å². The minimum absolute atomic E-state index is 0.158. The summed E-state index contributed by atoms with van der Waals surface area (Å²) < 4.78 is 20.9. The number of piperazine rings is 2. The number of morpholine rings is 2. The summed E-state index contributed by atoms with van der Waals surface area (Å²) in [5, 5.41) is 5.96. The maximum atomic E-state index is 11.8. The second-order valence-electron chi connectivity index (χ2n) is 47.0. The van der Waals surface area contributed by atoms with E-state index in [9.17, 15) is 28.8 Å². The molecule has 0 radical (unpaired) electrons. The quantitative estimate of drug-likeness (QED) is 0.0786. The molecule has 0 aromatic carbocycles. The van der Waals surface area contributed by atoms with Gasteiger partial charge in [-0.1, -0.05) is 198 Å². The number of likely N-dealkylation sites (tertiary alicyclic amines) is 5. The zero-order valence-corrected chi connectivity index (χ0v) is 93.0. The molecule has 0 aromatic heterocycles. The standard InChI is InChI=1S/C13H25NO2.C12H25N3O.C12H24N2O.C10H20N2O.C10H21N.C9H17NO2.C9H19NO.C9H17NO.C9H19N.C9H18.C8H16O/c1-10(2)11-6-8-14(9-7-11)12(15)16-13(3,4)5;1-11(2)10-12(16)13-4-5-15-8-6-14(3)7-9-15;1-11(2)10-12(15)13-6-9-14-7-4-3-5-8-14;1-9(2)8-10(13)12-6-4-11(3)5-7-12;1-9(2)8-10-4-6-11(3)7-5-10;1-8(2)7-9(11)10-3-5-12-6-4-10;1-9(2)3-4-10-5-7-11-8-6-10;1-8(2)5-7-10-6-3-4-9(10)11;1-8(2)9-4-6-10(3)7-5-9;1-8(2)9-6-4-3-5-7-9;1-7(2)4-8(3)5-9-6-8/h10-11H,6-9H2,1-5H3;11H,4-10H2,1-3H3,(H,13,16);11H,3-10H2,1-2H3,(H,13,15);9H,4-8H2,1-3H3;9-10H,4-8H2,1-3H3;8H,3-7H2,1-2H3;9H,3-8H2,1-2H3;8H,3-7H2,1-2H3;8-9H,4-7H2,1-3H3;8-9H,3-7H2,1-2H3;7H,4-6H2,1-3H3. The van der Waals surface area contributed by atoms with E-state index in [-0.39, 0.29) is 29.4 Å². The number of nitrogens with one attached hydrogen (secondary N) is 2. The first kappa shape index (κ1) is 127. The van der Waals surface area contributed by atoms with Crippen LogP contribution in [0.15, 0.2) is 0 Å². The Kier molecular flexibility index (Phi) is 71.0. The van der Waals surface area contributed by atoms with E-state index < -0.39 is 0 Å². The van der Waals surface area contributed by atoms with Crippen molar-refractivity contribution in [1.29, 1.82) is 0 Å². The molecule has 786 valence electrons. The van der Waals surface area contributed by atoms with Crippen LogP contribution in [-0.2, 0) is 42.9 Å². The second-order valence-corrected chi connectivity index (χ2v) is 47.0. The van der Waals surface area contributed by atoms with E-state index in [4.69, 9.17) is 18.9 Å². The van der Waals surface area contributed by atoms with Crippen molar-refractivity contribution >= 4 is 35.6 Å². The first-order chi connectivity index (χ1) is 62.6. The molecule has 1 aliphatic carbocycles. The number of piperidine rings is 4. The Morgan fingerprint density at radius 1 is 0.368 bits per heavy atom. The summed E-state index contributed by atoms with van der Waals surface area (Å²) >= 11 is 0. The van der Waals surface area contributed by atoms with Crippen molar-refractivity contribution in [1.82, 2.24) is 64.5 Å². The van der Waals surface area contributed by atoms with Gasteiger partial charge in [-0.2, -0.15) is 0 Å². The number of rotatable bonds is 27. The summed E-state index contributed by atoms with van der Waals surface area (Å²) in [6.07, 6.45) is 28.9. The molecule has 133 heavy (non-hydrogen) atoms. The first-order valence-corrected chi connectivity index (χ1v) is 54.6. The molecule has 23 nitrogen and oxygen atoms in total. The predicted molar refractivity (Wildman–Crippen MR) is 561 cm³/mol. The third kappa shape index (κ3) is 68.9. The fourth-order valence-electron chi connectivity index (χ4n) is 18.4. The van der Waals surface area contributed by atoms with Gasteiger partial charge in [0.1, 0.15) is 5.60 Å². The highest BCUT2D eigenvalue weighted by Gasteiger charge is 2.34. The number of ether oxygens (including phenoxy) is 4. The highest BCUT2D eigenvalue weighted by molar-refractivity contribution is 5.78. The van der Waals surface area contributed by atoms with Crippen LogP contribution >= 0.6 is 0 Å². The lowest BCUT2D eigenvalue weighted by molar-refractivity contribution is -0.136. The van der Waals surface area contributed by atoms with E-state index in [0.29, 0.717) is 85.7 Å². The molecule has 0 atom stereocenters. The summed E-state index contributed by atoms with van der Waals surface area (Å²) in [5.41, 5.74) is 0.139. The molecule has 11 rings (SSSR count). The Bertz CT molecular complexity index is 2840. The van der Waals surface area contributed by atoms with Gasteiger partial charge in [-0.25, -0.2) is 4.79 Å². The SMILES string of the molecule is CC(C)C1CCCCC1.CC(C)C1CCN(C(=O)OC(C)(C)C)CC1.CC(C)C1CCN(C)CC1.CC(C)CC(=O)N1CCN(C)CC1.CC(C)CC(=O)N1CCOCC1.CC(C)CC(=O)NCCN1CCCCC1.CC(C)CC(=O)NCCN1CCN(C)CC1.CC(C)CC1(C)COC1.CC(C)CC1CCN(C)CC1.CC(C)CCN1CCCC1=O.CC(C)CCN1CCOCC1. The minimum atomic E-state index is -0.383. The second kappa shape index (κ2) is 74.2. The lowest BCUT2D eigenvalue weighted by Gasteiger charge is -2.39. The van der Waals surface area contributed by atoms with Crippen LogP contribution in [-0.4, -0.2) is 340 Å². The first-order valence-electron chi connectivity index (χ1n) is 54.6. The number of hydrogen-bond donors (Lipinski definition) is 2. The van der Waals surface area contributed by atoms with Crippen LogP contribution in [0.2, 0.25) is 0 Å². The predicted octanol–water partition coefficient (Wildman–Crippen LogP) is 19.7. The normalized spacial score (nSPS) is 20.3. The van der Waals surface area contributed by atoms with E-state index in [1.165, 1.54) is 142 Å². The van der Waals surface area contributed by atoms with Crippen molar-refractivity contribution in [3.8, 4) is 0 Å². The Morgan fingerprint density at radius 3 is 1.11 bits per heavy atom. The van der Waals surface area contributed by atoms with E-state index in [1.807, 2.05) is 40.4 Å². The van der Waals surface area contributed by atoms with E-state index >= 15 is 0 Å². The van der Waals surface area contributed by atoms with Gasteiger partial charge < -0.3 is 73.7 Å². The molecule has 10 heterocycles. The lowest BCUT2D eigenvalue weighted by atomic mass is 9.80. The van der Waals surface area contributed by atoms with Gasteiger partial charge in [0, 0.05) is 168 Å². The van der Waals surface area contributed by atoms with Crippen molar-refractivity contribution < 1.29 is 47.7 Å². The summed E-state index contributed by atoms with van der Waals surface area (Å²) in [6.45, 7) is 90.2. The molecule has 0 bridgehead atoms. The fraction of sp³-hybridized carbons (Fsp3) is 0.945. The molecule has 1 saturated carbocycles. The Morgan fingerprint density at radius 2 is 0.744 bits per heavy atom. The van der Waals surface area contributed by atoms with Gasteiger partial charge in [0.2, 0.25) is 29.5 Å². The molecule has 6 amide bonds. The van der Waals surface area contributed by atoms with Crippen LogP contribution < -0.4 is 10.6 Å². The summed E-state index contributed by atoms with van der Waals surface area (Å²) in [7, 11) is 8.70. The molecule has 0 aromatic rings. The third-order valence-corrected chi connectivity index (χ3v) is 27.3. The zero-order valence-electron chi connectivity index (χ0n) is 93.0. The molecule has 23 heteroatoms. The smallest absolute Gasteiger partial charge is 0.410 e. The molecular formula is C110H221N13O10. The molecule has 10 saturated heterocycles. The largest absolute Gasteiger partial charge is 0.444 e. The molecule has 2 N–H and O–H groups in total. The number of hydrogen-bond acceptors (Lipinski definition) is 17. The van der Waals surface area contributed by atoms with E-state index in [1.54, 1.807) is 0 Å². The van der Waals surface area contributed by atoms with Gasteiger partial charge in [-0.05, 0) is 267 Å². The van der Waals surface area contributed by atoms with Crippen molar-refractivity contribution in [2.24, 2.45) is 94.2 Å².